The molecular weight excluding hydrogens is 541 g/mol. The Labute approximate surface area is 233 Å². The summed E-state index contributed by atoms with van der Waals surface area (Å²) in [4.78, 5) is 32.6. The Morgan fingerprint density at radius 2 is 1.51 bits per heavy atom. The summed E-state index contributed by atoms with van der Waals surface area (Å²) in [6, 6.07) is 4.84. The van der Waals surface area contributed by atoms with Crippen LogP contribution >= 0.6 is 0 Å². The Morgan fingerprint density at radius 3 is 2.10 bits per heavy atom. The average molecular weight is 571 g/mol. The largest absolute Gasteiger partial charge is 0.417 e. The van der Waals surface area contributed by atoms with Crippen LogP contribution in [0.2, 0.25) is 0 Å². The molecule has 0 aromatic carbocycles. The van der Waals surface area contributed by atoms with Crippen molar-refractivity contribution >= 4 is 11.8 Å². The molecule has 0 unspecified atom stereocenters. The summed E-state index contributed by atoms with van der Waals surface area (Å²) >= 11 is 0. The molecule has 0 fully saturated rings. The van der Waals surface area contributed by atoms with Crippen LogP contribution in [0.5, 0.6) is 0 Å². The average Bonchev–Trinajstić information content (AvgIpc) is 3.63. The number of carbonyl (C=O) groups excluding carboxylic acids is 2. The number of amides is 2. The van der Waals surface area contributed by atoms with Gasteiger partial charge in [0.05, 0.1) is 30.2 Å². The van der Waals surface area contributed by atoms with Crippen molar-refractivity contribution in [3.05, 3.63) is 83.0 Å². The summed E-state index contributed by atoms with van der Waals surface area (Å²) < 4.78 is 41.6. The van der Waals surface area contributed by atoms with Crippen LogP contribution in [0.25, 0.3) is 0 Å². The van der Waals surface area contributed by atoms with Crippen LogP contribution in [0, 0.1) is 0 Å². The molecule has 0 saturated heterocycles. The highest BCUT2D eigenvalue weighted by Crippen LogP contribution is 2.28. The molecule has 0 aliphatic heterocycles. The molecule has 216 valence electrons. The van der Waals surface area contributed by atoms with E-state index in [-0.39, 0.29) is 35.9 Å². The Morgan fingerprint density at radius 1 is 0.902 bits per heavy atom. The molecule has 0 bridgehead atoms. The van der Waals surface area contributed by atoms with Crippen LogP contribution in [-0.2, 0) is 32.4 Å². The van der Waals surface area contributed by atoms with E-state index in [4.69, 9.17) is 0 Å². The number of hydrogen-bond donors (Lipinski definition) is 2. The fourth-order valence-corrected chi connectivity index (χ4v) is 3.80. The monoisotopic (exact) mass is 570 g/mol. The number of hydrogen-bond acceptors (Lipinski definition) is 8. The first kappa shape index (κ1) is 29.3. The highest BCUT2D eigenvalue weighted by molar-refractivity contribution is 5.92. The van der Waals surface area contributed by atoms with E-state index < -0.39 is 17.6 Å². The predicted molar refractivity (Wildman–Crippen MR) is 139 cm³/mol. The zero-order valence-electron chi connectivity index (χ0n) is 22.5. The van der Waals surface area contributed by atoms with E-state index >= 15 is 0 Å². The molecule has 4 rings (SSSR count). The molecule has 15 heteroatoms. The van der Waals surface area contributed by atoms with Gasteiger partial charge in [0.15, 0.2) is 11.4 Å². The zero-order valence-corrected chi connectivity index (χ0v) is 22.5. The van der Waals surface area contributed by atoms with Gasteiger partial charge in [-0.1, -0.05) is 24.3 Å². The van der Waals surface area contributed by atoms with E-state index in [0.29, 0.717) is 31.8 Å². The minimum atomic E-state index is -4.51. The second-order valence-electron chi connectivity index (χ2n) is 9.62. The molecule has 2 N–H and O–H groups in total. The van der Waals surface area contributed by atoms with Crippen molar-refractivity contribution in [1.82, 2.24) is 50.6 Å². The summed E-state index contributed by atoms with van der Waals surface area (Å²) in [5, 5.41) is 21.0. The maximum absolute atomic E-state index is 12.8. The number of halogens is 3. The van der Waals surface area contributed by atoms with E-state index in [1.54, 1.807) is 17.1 Å². The van der Waals surface area contributed by atoms with Gasteiger partial charge in [0.2, 0.25) is 0 Å². The van der Waals surface area contributed by atoms with Gasteiger partial charge in [-0.2, -0.15) is 13.2 Å². The first-order valence-electron chi connectivity index (χ1n) is 12.9. The molecule has 0 spiro atoms. The number of nitrogens with one attached hydrogen (secondary N) is 2. The van der Waals surface area contributed by atoms with Crippen LogP contribution < -0.4 is 10.6 Å². The molecule has 0 atom stereocenters. The number of nitrogens with zero attached hydrogens (tertiary/aromatic N) is 8. The van der Waals surface area contributed by atoms with Gasteiger partial charge >= 0.3 is 6.18 Å². The maximum Gasteiger partial charge on any atom is 0.417 e. The van der Waals surface area contributed by atoms with E-state index in [1.807, 2.05) is 12.1 Å². The third-order valence-corrected chi connectivity index (χ3v) is 6.08. The SMILES string of the molecule is CC(C)c1ccnc(CNC(=O)c2cn(CCCCn3cc(C(=O)NCc4cncc(C(F)(F)F)c4)nn3)nn2)c1. The summed E-state index contributed by atoms with van der Waals surface area (Å²) in [5.41, 5.74) is 1.48. The van der Waals surface area contributed by atoms with Gasteiger partial charge in [0.1, 0.15) is 0 Å². The summed E-state index contributed by atoms with van der Waals surface area (Å²) in [6.07, 6.45) is 3.60. The number of pyridine rings is 2. The zero-order chi connectivity index (χ0) is 29.4. The first-order valence-corrected chi connectivity index (χ1v) is 12.9. The number of aromatic nitrogens is 8. The van der Waals surface area contributed by atoms with E-state index in [9.17, 15) is 22.8 Å². The topological polar surface area (TPSA) is 145 Å². The van der Waals surface area contributed by atoms with Gasteiger partial charge in [-0.3, -0.25) is 28.9 Å². The van der Waals surface area contributed by atoms with Crippen LogP contribution in [0.15, 0.2) is 49.2 Å². The molecule has 12 nitrogen and oxygen atoms in total. The van der Waals surface area contributed by atoms with Gasteiger partial charge in [-0.15, -0.1) is 10.2 Å². The molecule has 2 amide bonds. The third-order valence-electron chi connectivity index (χ3n) is 6.08. The van der Waals surface area contributed by atoms with Gasteiger partial charge in [0.25, 0.3) is 11.8 Å². The number of alkyl halides is 3. The van der Waals surface area contributed by atoms with Gasteiger partial charge in [-0.25, -0.2) is 0 Å². The van der Waals surface area contributed by atoms with Crippen molar-refractivity contribution in [2.24, 2.45) is 0 Å². The minimum absolute atomic E-state index is 0.0444. The predicted octanol–water partition coefficient (Wildman–Crippen LogP) is 3.14. The molecule has 0 radical (unpaired) electrons. The van der Waals surface area contributed by atoms with Crippen molar-refractivity contribution in [2.45, 2.75) is 65.0 Å². The van der Waals surface area contributed by atoms with Crippen LogP contribution in [0.4, 0.5) is 13.2 Å². The molecule has 4 heterocycles. The number of aryl methyl sites for hydroxylation is 2. The number of rotatable bonds is 12. The van der Waals surface area contributed by atoms with Crippen molar-refractivity contribution < 1.29 is 22.8 Å². The Kier molecular flexibility index (Phi) is 9.37. The van der Waals surface area contributed by atoms with Crippen molar-refractivity contribution in [3.63, 3.8) is 0 Å². The quantitative estimate of drug-likeness (QED) is 0.247. The summed E-state index contributed by atoms with van der Waals surface area (Å²) in [7, 11) is 0. The van der Waals surface area contributed by atoms with Crippen LogP contribution in [0.1, 0.15) is 76.0 Å². The van der Waals surface area contributed by atoms with Crippen LogP contribution in [-0.4, -0.2) is 51.8 Å². The van der Waals surface area contributed by atoms with Crippen molar-refractivity contribution in [1.29, 1.82) is 0 Å². The van der Waals surface area contributed by atoms with E-state index in [1.165, 1.54) is 17.1 Å². The standard InChI is InChI=1S/C26H29F3N10O2/c1-17(2)19-5-6-31-21(10-19)14-33-25(41)23-16-39(37-35-23)8-4-3-7-38-15-22(34-36-38)24(40)32-12-18-9-20(13-30-11-18)26(27,28)29/h5-6,9-11,13,15-17H,3-4,7-8,12,14H2,1-2H3,(H,32,40)(H,33,41). The third kappa shape index (κ3) is 8.40. The Balaban J connectivity index is 1.17. The highest BCUT2D eigenvalue weighted by atomic mass is 19.4. The smallest absolute Gasteiger partial charge is 0.346 e. The second kappa shape index (κ2) is 13.1. The van der Waals surface area contributed by atoms with E-state index in [0.717, 1.165) is 23.5 Å². The fourth-order valence-electron chi connectivity index (χ4n) is 3.80. The molecule has 0 aliphatic carbocycles. The normalized spacial score (nSPS) is 11.6. The first-order chi connectivity index (χ1) is 19.6. The van der Waals surface area contributed by atoms with Gasteiger partial charge < -0.3 is 10.6 Å². The molecule has 4 aromatic rings. The van der Waals surface area contributed by atoms with Gasteiger partial charge in [-0.05, 0) is 48.1 Å². The second-order valence-corrected chi connectivity index (χ2v) is 9.62. The summed E-state index contributed by atoms with van der Waals surface area (Å²) in [5.74, 6) is -0.543. The summed E-state index contributed by atoms with van der Waals surface area (Å²) in [6.45, 7) is 5.32. The lowest BCUT2D eigenvalue weighted by Crippen LogP contribution is -2.23. The number of unbranched alkanes of at least 4 members (excludes halogenated alkanes) is 1. The molecule has 0 saturated carbocycles. The molecule has 4 aromatic heterocycles. The Bertz CT molecular complexity index is 1480. The molecule has 0 aliphatic rings. The lowest BCUT2D eigenvalue weighted by Gasteiger charge is -2.08. The van der Waals surface area contributed by atoms with Gasteiger partial charge in [0, 0.05) is 38.2 Å². The lowest BCUT2D eigenvalue weighted by atomic mass is 10.0. The minimum Gasteiger partial charge on any atom is -0.346 e. The number of carbonyl (C=O) groups is 2. The highest BCUT2D eigenvalue weighted by Gasteiger charge is 2.31. The maximum atomic E-state index is 12.8. The van der Waals surface area contributed by atoms with Crippen molar-refractivity contribution in [2.75, 3.05) is 0 Å². The van der Waals surface area contributed by atoms with Crippen LogP contribution in [0.3, 0.4) is 0 Å². The fraction of sp³-hybridized carbons (Fsp3) is 0.385. The lowest BCUT2D eigenvalue weighted by molar-refractivity contribution is -0.137. The molecule has 41 heavy (non-hydrogen) atoms. The Hall–Kier alpha value is -4.69. The van der Waals surface area contributed by atoms with Crippen molar-refractivity contribution in [3.8, 4) is 0 Å². The van der Waals surface area contributed by atoms with E-state index in [2.05, 4.69) is 55.1 Å². The molecular formula is C26H29F3N10O2.